The van der Waals surface area contributed by atoms with Gasteiger partial charge in [0.1, 0.15) is 5.76 Å². The highest BCUT2D eigenvalue weighted by molar-refractivity contribution is 5.93. The zero-order chi connectivity index (χ0) is 34.9. The Hall–Kier alpha value is -6.52. The van der Waals surface area contributed by atoms with Crippen LogP contribution >= 0.6 is 0 Å². The van der Waals surface area contributed by atoms with Crippen LogP contribution in [-0.2, 0) is 5.41 Å². The van der Waals surface area contributed by atoms with Crippen LogP contribution in [0.5, 0.6) is 23.0 Å². The fourth-order valence-corrected chi connectivity index (χ4v) is 9.22. The molecule has 4 heteroatoms. The summed E-state index contributed by atoms with van der Waals surface area (Å²) < 4.78 is 20.1. The molecule has 11 rings (SSSR count). The first-order valence-electron chi connectivity index (χ1n) is 18.5. The number of fused-ring (bicyclic) bond motifs is 7. The lowest BCUT2D eigenvalue weighted by Crippen LogP contribution is -2.36. The smallest absolute Gasteiger partial charge is 0.169 e. The quantitative estimate of drug-likeness (QED) is 0.185. The third-order valence-corrected chi connectivity index (χ3v) is 11.5. The minimum absolute atomic E-state index is 0.214. The number of benzene rings is 6. The Labute approximate surface area is 309 Å². The van der Waals surface area contributed by atoms with Crippen molar-refractivity contribution in [2.75, 3.05) is 4.90 Å². The van der Waals surface area contributed by atoms with Gasteiger partial charge in [0.2, 0.25) is 0 Å². The van der Waals surface area contributed by atoms with Crippen molar-refractivity contribution in [3.8, 4) is 34.1 Å². The Morgan fingerprint density at radius 1 is 0.547 bits per heavy atom. The maximum absolute atomic E-state index is 6.90. The van der Waals surface area contributed by atoms with Crippen molar-refractivity contribution < 1.29 is 14.2 Å². The van der Waals surface area contributed by atoms with Crippen molar-refractivity contribution in [2.24, 2.45) is 5.92 Å². The molecule has 5 aliphatic rings. The van der Waals surface area contributed by atoms with Crippen LogP contribution in [0.4, 0.5) is 17.1 Å². The van der Waals surface area contributed by atoms with Crippen molar-refractivity contribution in [3.05, 3.63) is 204 Å². The molecule has 0 bridgehead atoms. The maximum atomic E-state index is 6.90. The largest absolute Gasteiger partial charge is 0.478 e. The molecule has 6 aromatic carbocycles. The molecule has 0 amide bonds. The Kier molecular flexibility index (Phi) is 6.69. The van der Waals surface area contributed by atoms with Crippen molar-refractivity contribution in [1.82, 2.24) is 0 Å². The monoisotopic (exact) mass is 685 g/mol. The van der Waals surface area contributed by atoms with Gasteiger partial charge in [-0.2, -0.15) is 0 Å². The van der Waals surface area contributed by atoms with Crippen LogP contribution < -0.4 is 19.1 Å². The van der Waals surface area contributed by atoms with Gasteiger partial charge in [0.05, 0.1) is 22.5 Å². The van der Waals surface area contributed by atoms with Gasteiger partial charge in [-0.05, 0) is 94.3 Å². The molecule has 6 aromatic rings. The highest BCUT2D eigenvalue weighted by Gasteiger charge is 2.50. The molecule has 0 spiro atoms. The summed E-state index contributed by atoms with van der Waals surface area (Å²) in [6, 6.07) is 49.4. The van der Waals surface area contributed by atoms with E-state index < -0.39 is 0 Å². The Balaban J connectivity index is 1.01. The molecule has 3 aliphatic carbocycles. The van der Waals surface area contributed by atoms with Gasteiger partial charge in [0.25, 0.3) is 0 Å². The summed E-state index contributed by atoms with van der Waals surface area (Å²) in [6.07, 6.45) is 14.9. The van der Waals surface area contributed by atoms with Gasteiger partial charge in [-0.3, -0.25) is 0 Å². The maximum Gasteiger partial charge on any atom is 0.169 e. The van der Waals surface area contributed by atoms with Gasteiger partial charge in [-0.1, -0.05) is 127 Å². The van der Waals surface area contributed by atoms with Gasteiger partial charge in [-0.25, -0.2) is 0 Å². The van der Waals surface area contributed by atoms with Gasteiger partial charge >= 0.3 is 0 Å². The van der Waals surface area contributed by atoms with Crippen LogP contribution in [0.2, 0.25) is 0 Å². The Bertz CT molecular complexity index is 2530. The van der Waals surface area contributed by atoms with E-state index in [0.29, 0.717) is 6.42 Å². The number of para-hydroxylation sites is 5. The van der Waals surface area contributed by atoms with Gasteiger partial charge in [-0.15, -0.1) is 0 Å². The number of ether oxygens (including phenoxy) is 3. The summed E-state index contributed by atoms with van der Waals surface area (Å²) >= 11 is 0. The zero-order valence-corrected chi connectivity index (χ0v) is 29.0. The van der Waals surface area contributed by atoms with E-state index in [4.69, 9.17) is 14.2 Å². The van der Waals surface area contributed by atoms with E-state index in [0.717, 1.165) is 63.4 Å². The molecule has 4 nitrogen and oxygen atoms in total. The molecular formula is C49H35NO3. The van der Waals surface area contributed by atoms with E-state index >= 15 is 0 Å². The summed E-state index contributed by atoms with van der Waals surface area (Å²) in [5.74, 6) is 4.30. The number of allylic oxidation sites excluding steroid dienone is 6. The topological polar surface area (TPSA) is 30.9 Å². The number of rotatable bonds is 4. The standard InChI is InChI=1S/C49H35NO3/c1-3-15-33(16-4-1)49(34-17-5-2-6-18-34)38-21-9-7-20-36(38)37-30-47-48(31-39(37)49)52-45-28-27-32(29-46(45)53-47)35-19-8-10-22-40(35)50-41-23-11-13-25-43(41)51-44-26-14-12-24-42(44)50/h1-17,19-27,29-31,34,45H,18,28H2. The summed E-state index contributed by atoms with van der Waals surface area (Å²) in [7, 11) is 0. The molecule has 0 saturated carbocycles. The predicted octanol–water partition coefficient (Wildman–Crippen LogP) is 12.2. The molecule has 2 heterocycles. The van der Waals surface area contributed by atoms with E-state index in [-0.39, 0.29) is 17.4 Å². The average molecular weight is 686 g/mol. The Morgan fingerprint density at radius 2 is 1.25 bits per heavy atom. The van der Waals surface area contributed by atoms with Crippen molar-refractivity contribution in [1.29, 1.82) is 0 Å². The zero-order valence-electron chi connectivity index (χ0n) is 29.0. The first kappa shape index (κ1) is 30.1. The molecular weight excluding hydrogens is 651 g/mol. The second-order valence-electron chi connectivity index (χ2n) is 14.3. The van der Waals surface area contributed by atoms with E-state index in [1.807, 2.05) is 24.3 Å². The second-order valence-corrected chi connectivity index (χ2v) is 14.3. The second kappa shape index (κ2) is 11.8. The van der Waals surface area contributed by atoms with Crippen LogP contribution in [0.25, 0.3) is 16.7 Å². The summed E-state index contributed by atoms with van der Waals surface area (Å²) in [5.41, 5.74) is 11.3. The van der Waals surface area contributed by atoms with E-state index in [9.17, 15) is 0 Å². The van der Waals surface area contributed by atoms with E-state index in [1.54, 1.807) is 0 Å². The number of hydrogen-bond acceptors (Lipinski definition) is 4. The summed E-state index contributed by atoms with van der Waals surface area (Å²) in [6.45, 7) is 0. The van der Waals surface area contributed by atoms with Gasteiger partial charge in [0, 0.05) is 12.0 Å². The number of anilines is 3. The number of nitrogens with zero attached hydrogens (tertiary/aromatic N) is 1. The molecule has 0 saturated heterocycles. The molecule has 3 unspecified atom stereocenters. The van der Waals surface area contributed by atoms with Gasteiger partial charge in [0.15, 0.2) is 29.1 Å². The molecule has 254 valence electrons. The molecule has 53 heavy (non-hydrogen) atoms. The fraction of sp³-hybridized carbons (Fsp3) is 0.102. The first-order chi connectivity index (χ1) is 26.3. The third-order valence-electron chi connectivity index (χ3n) is 11.5. The van der Waals surface area contributed by atoms with E-state index in [1.165, 1.54) is 27.8 Å². The molecule has 0 fully saturated rings. The molecule has 0 aromatic heterocycles. The number of hydrogen-bond donors (Lipinski definition) is 0. The van der Waals surface area contributed by atoms with Crippen molar-refractivity contribution >= 4 is 22.6 Å². The minimum atomic E-state index is -0.358. The van der Waals surface area contributed by atoms with E-state index in [2.05, 4.69) is 157 Å². The minimum Gasteiger partial charge on any atom is -0.478 e. The predicted molar refractivity (Wildman–Crippen MR) is 212 cm³/mol. The summed E-state index contributed by atoms with van der Waals surface area (Å²) in [4.78, 5) is 2.31. The molecule has 2 aliphatic heterocycles. The fourth-order valence-electron chi connectivity index (χ4n) is 9.22. The summed E-state index contributed by atoms with van der Waals surface area (Å²) in [5, 5.41) is 0. The lowest BCUT2D eigenvalue weighted by Gasteiger charge is -2.40. The first-order valence-corrected chi connectivity index (χ1v) is 18.5. The normalized spacial score (nSPS) is 21.2. The third kappa shape index (κ3) is 4.48. The van der Waals surface area contributed by atoms with Crippen LogP contribution in [0.3, 0.4) is 0 Å². The Morgan fingerprint density at radius 3 is 2.02 bits per heavy atom. The highest BCUT2D eigenvalue weighted by atomic mass is 16.6. The lowest BCUT2D eigenvalue weighted by molar-refractivity contribution is 0.147. The molecule has 0 radical (unpaired) electrons. The van der Waals surface area contributed by atoms with Crippen LogP contribution in [0.15, 0.2) is 182 Å². The molecule has 0 N–H and O–H groups in total. The van der Waals surface area contributed by atoms with Crippen LogP contribution in [0, 0.1) is 5.92 Å². The van der Waals surface area contributed by atoms with Gasteiger partial charge < -0.3 is 19.1 Å². The van der Waals surface area contributed by atoms with Crippen LogP contribution in [0.1, 0.15) is 35.1 Å². The van der Waals surface area contributed by atoms with Crippen molar-refractivity contribution in [3.63, 3.8) is 0 Å². The average Bonchev–Trinajstić information content (AvgIpc) is 3.51. The van der Waals surface area contributed by atoms with Crippen molar-refractivity contribution in [2.45, 2.75) is 24.4 Å². The van der Waals surface area contributed by atoms with Crippen LogP contribution in [-0.4, -0.2) is 6.10 Å². The molecule has 3 atom stereocenters. The SMILES string of the molecule is C1=CCC(C2(c3ccccc3)c3ccccc3-c3cc4c(cc32)OC2CC=C(c3ccccc3N3c5ccccc5Oc5ccccc53)C=C2O4)C=C1. The highest BCUT2D eigenvalue weighted by Crippen LogP contribution is 2.60. The lowest BCUT2D eigenvalue weighted by atomic mass is 9.62.